The normalized spacial score (nSPS) is 14.2. The monoisotopic (exact) mass is 375 g/mol. The highest BCUT2D eigenvalue weighted by molar-refractivity contribution is 5.79. The van der Waals surface area contributed by atoms with Crippen LogP contribution in [0.4, 0.5) is 5.69 Å². The lowest BCUT2D eigenvalue weighted by Crippen LogP contribution is -2.49. The van der Waals surface area contributed by atoms with E-state index in [0.29, 0.717) is 6.42 Å². The molecule has 0 atom stereocenters. The number of hydrogen-bond acceptors (Lipinski definition) is 3. The van der Waals surface area contributed by atoms with Gasteiger partial charge in [-0.1, -0.05) is 24.3 Å². The molecule has 1 aliphatic rings. The predicted molar refractivity (Wildman–Crippen MR) is 111 cm³/mol. The second kappa shape index (κ2) is 8.21. The minimum Gasteiger partial charge on any atom is -0.495 e. The second-order valence-electron chi connectivity index (χ2n) is 6.97. The Bertz CT molecular complexity index is 911. The summed E-state index contributed by atoms with van der Waals surface area (Å²) in [5.74, 6) is 1.07. The van der Waals surface area contributed by atoms with Crippen LogP contribution in [-0.2, 0) is 11.2 Å². The molecule has 3 aromatic rings. The fraction of sp³-hybridized carbons (Fsp3) is 0.261. The van der Waals surface area contributed by atoms with Gasteiger partial charge in [0, 0.05) is 44.3 Å². The molecule has 0 saturated carbocycles. The van der Waals surface area contributed by atoms with E-state index in [1.54, 1.807) is 7.11 Å². The van der Waals surface area contributed by atoms with Gasteiger partial charge < -0.3 is 19.1 Å². The van der Waals surface area contributed by atoms with E-state index in [9.17, 15) is 4.79 Å². The molecule has 1 aliphatic heterocycles. The summed E-state index contributed by atoms with van der Waals surface area (Å²) in [5.41, 5.74) is 3.25. The number of benzene rings is 2. The summed E-state index contributed by atoms with van der Waals surface area (Å²) < 4.78 is 7.52. The third-order valence-electron chi connectivity index (χ3n) is 5.25. The molecule has 0 unspecified atom stereocenters. The van der Waals surface area contributed by atoms with E-state index in [0.717, 1.165) is 48.9 Å². The first-order valence-electron chi connectivity index (χ1n) is 9.62. The van der Waals surface area contributed by atoms with Crippen LogP contribution in [0.3, 0.4) is 0 Å². The first-order valence-corrected chi connectivity index (χ1v) is 9.62. The first-order chi connectivity index (χ1) is 13.7. The zero-order valence-corrected chi connectivity index (χ0v) is 16.1. The van der Waals surface area contributed by atoms with E-state index in [4.69, 9.17) is 4.74 Å². The third kappa shape index (κ3) is 3.88. The molecule has 5 nitrogen and oxygen atoms in total. The number of carbonyl (C=O) groups excluding carboxylic acids is 1. The van der Waals surface area contributed by atoms with Crippen LogP contribution in [0.1, 0.15) is 5.56 Å². The van der Waals surface area contributed by atoms with E-state index in [-0.39, 0.29) is 5.91 Å². The van der Waals surface area contributed by atoms with Gasteiger partial charge in [-0.25, -0.2) is 0 Å². The van der Waals surface area contributed by atoms with Crippen molar-refractivity contribution in [2.24, 2.45) is 0 Å². The largest absolute Gasteiger partial charge is 0.495 e. The van der Waals surface area contributed by atoms with Crippen molar-refractivity contribution in [2.75, 3.05) is 38.2 Å². The van der Waals surface area contributed by atoms with E-state index in [1.165, 1.54) is 0 Å². The maximum absolute atomic E-state index is 12.7. The van der Waals surface area contributed by atoms with Crippen LogP contribution in [0.5, 0.6) is 5.75 Å². The van der Waals surface area contributed by atoms with Gasteiger partial charge in [0.25, 0.3) is 0 Å². The van der Waals surface area contributed by atoms with Crippen LogP contribution in [0, 0.1) is 0 Å². The Balaban J connectivity index is 1.34. The molecule has 1 fully saturated rings. The predicted octanol–water partition coefficient (Wildman–Crippen LogP) is 3.38. The lowest BCUT2D eigenvalue weighted by molar-refractivity contribution is -0.130. The number of nitrogens with zero attached hydrogens (tertiary/aromatic N) is 3. The van der Waals surface area contributed by atoms with Crippen LogP contribution >= 0.6 is 0 Å². The minimum absolute atomic E-state index is 0.188. The van der Waals surface area contributed by atoms with Crippen LogP contribution in [-0.4, -0.2) is 48.7 Å². The fourth-order valence-corrected chi connectivity index (χ4v) is 3.67. The third-order valence-corrected chi connectivity index (χ3v) is 5.25. The highest BCUT2D eigenvalue weighted by atomic mass is 16.5. The number of para-hydroxylation sites is 2. The number of hydrogen-bond donors (Lipinski definition) is 0. The molecular formula is C23H25N3O2. The smallest absolute Gasteiger partial charge is 0.227 e. The number of methoxy groups -OCH3 is 1. The summed E-state index contributed by atoms with van der Waals surface area (Å²) in [6, 6.07) is 20.2. The van der Waals surface area contributed by atoms with E-state index >= 15 is 0 Å². The fourth-order valence-electron chi connectivity index (χ4n) is 3.67. The quantitative estimate of drug-likeness (QED) is 0.686. The molecule has 2 aromatic carbocycles. The van der Waals surface area contributed by atoms with Crippen molar-refractivity contribution in [3.63, 3.8) is 0 Å². The maximum Gasteiger partial charge on any atom is 0.227 e. The SMILES string of the molecule is COc1ccccc1N1CCN(C(=O)Cc2ccc(-n3cccc3)cc2)CC1. The van der Waals surface area contributed by atoms with Gasteiger partial charge in [-0.2, -0.15) is 0 Å². The summed E-state index contributed by atoms with van der Waals surface area (Å²) in [7, 11) is 1.69. The van der Waals surface area contributed by atoms with Gasteiger partial charge in [0.2, 0.25) is 5.91 Å². The first kappa shape index (κ1) is 18.2. The standard InChI is InChI=1S/C23H25N3O2/c1-28-22-7-3-2-6-21(22)25-14-16-26(17-15-25)23(27)18-19-8-10-20(11-9-19)24-12-4-5-13-24/h2-13H,14-18H2,1H3. The molecule has 144 valence electrons. The Morgan fingerprint density at radius 3 is 2.25 bits per heavy atom. The molecular weight excluding hydrogens is 350 g/mol. The molecule has 2 heterocycles. The van der Waals surface area contributed by atoms with Gasteiger partial charge in [0.15, 0.2) is 0 Å². The summed E-state index contributed by atoms with van der Waals surface area (Å²) in [4.78, 5) is 17.0. The zero-order valence-electron chi connectivity index (χ0n) is 16.1. The van der Waals surface area contributed by atoms with Crippen molar-refractivity contribution in [2.45, 2.75) is 6.42 Å². The number of amides is 1. The zero-order chi connectivity index (χ0) is 19.3. The topological polar surface area (TPSA) is 37.7 Å². The lowest BCUT2D eigenvalue weighted by atomic mass is 10.1. The Hall–Kier alpha value is -3.21. The van der Waals surface area contributed by atoms with Crippen molar-refractivity contribution in [1.82, 2.24) is 9.47 Å². The molecule has 1 saturated heterocycles. The molecule has 0 spiro atoms. The molecule has 28 heavy (non-hydrogen) atoms. The summed E-state index contributed by atoms with van der Waals surface area (Å²) in [5, 5.41) is 0. The van der Waals surface area contributed by atoms with Gasteiger partial charge >= 0.3 is 0 Å². The van der Waals surface area contributed by atoms with Crippen LogP contribution < -0.4 is 9.64 Å². The van der Waals surface area contributed by atoms with Crippen molar-refractivity contribution in [3.8, 4) is 11.4 Å². The van der Waals surface area contributed by atoms with Crippen LogP contribution in [0.15, 0.2) is 73.1 Å². The second-order valence-corrected chi connectivity index (χ2v) is 6.97. The summed E-state index contributed by atoms with van der Waals surface area (Å²) in [6.45, 7) is 3.11. The summed E-state index contributed by atoms with van der Waals surface area (Å²) >= 11 is 0. The molecule has 0 aliphatic carbocycles. The van der Waals surface area contributed by atoms with Gasteiger partial charge in [-0.3, -0.25) is 4.79 Å². The Kier molecular flexibility index (Phi) is 5.33. The van der Waals surface area contributed by atoms with Crippen molar-refractivity contribution < 1.29 is 9.53 Å². The number of anilines is 1. The van der Waals surface area contributed by atoms with Gasteiger partial charge in [0.1, 0.15) is 5.75 Å². The molecule has 1 amide bonds. The molecule has 0 bridgehead atoms. The van der Waals surface area contributed by atoms with Crippen molar-refractivity contribution in [1.29, 1.82) is 0 Å². The van der Waals surface area contributed by atoms with E-state index in [1.807, 2.05) is 59.8 Å². The lowest BCUT2D eigenvalue weighted by Gasteiger charge is -2.36. The van der Waals surface area contributed by atoms with Gasteiger partial charge in [-0.15, -0.1) is 0 Å². The van der Waals surface area contributed by atoms with Crippen LogP contribution in [0.25, 0.3) is 5.69 Å². The van der Waals surface area contributed by atoms with E-state index in [2.05, 4.69) is 27.7 Å². The Labute approximate surface area is 165 Å². The number of carbonyl (C=O) groups is 1. The number of aromatic nitrogens is 1. The molecule has 1 aromatic heterocycles. The molecule has 4 rings (SSSR count). The molecule has 5 heteroatoms. The number of ether oxygens (including phenoxy) is 1. The average molecular weight is 375 g/mol. The highest BCUT2D eigenvalue weighted by Crippen LogP contribution is 2.28. The highest BCUT2D eigenvalue weighted by Gasteiger charge is 2.22. The van der Waals surface area contributed by atoms with Crippen LogP contribution in [0.2, 0.25) is 0 Å². The number of rotatable bonds is 5. The van der Waals surface area contributed by atoms with Gasteiger partial charge in [-0.05, 0) is 42.0 Å². The molecule has 0 radical (unpaired) electrons. The minimum atomic E-state index is 0.188. The Morgan fingerprint density at radius 2 is 1.57 bits per heavy atom. The Morgan fingerprint density at radius 1 is 0.893 bits per heavy atom. The van der Waals surface area contributed by atoms with Gasteiger partial charge in [0.05, 0.1) is 19.2 Å². The maximum atomic E-state index is 12.7. The van der Waals surface area contributed by atoms with Crippen molar-refractivity contribution in [3.05, 3.63) is 78.6 Å². The molecule has 0 N–H and O–H groups in total. The van der Waals surface area contributed by atoms with E-state index < -0.39 is 0 Å². The number of piperazine rings is 1. The average Bonchev–Trinajstić information content (AvgIpc) is 3.29. The summed E-state index contributed by atoms with van der Waals surface area (Å²) in [6.07, 6.45) is 4.48. The van der Waals surface area contributed by atoms with Crippen molar-refractivity contribution >= 4 is 11.6 Å².